The van der Waals surface area contributed by atoms with E-state index in [4.69, 9.17) is 15.0 Å². The average molecular weight is 740 g/mol. The van der Waals surface area contributed by atoms with Gasteiger partial charge >= 0.3 is 0 Å². The van der Waals surface area contributed by atoms with Crippen molar-refractivity contribution < 1.29 is 0 Å². The number of anilines is 3. The molecule has 4 heterocycles. The lowest BCUT2D eigenvalue weighted by Gasteiger charge is -2.26. The van der Waals surface area contributed by atoms with E-state index in [2.05, 4.69) is 155 Å². The third-order valence-electron chi connectivity index (χ3n) is 10.2. The maximum atomic E-state index is 4.91. The first-order valence-corrected chi connectivity index (χ1v) is 19.7. The third-order valence-corrected chi connectivity index (χ3v) is 12.4. The van der Waals surface area contributed by atoms with Crippen molar-refractivity contribution in [3.8, 4) is 32.3 Å². The molecule has 0 aliphatic heterocycles. The van der Waals surface area contributed by atoms with Gasteiger partial charge in [-0.1, -0.05) is 60.7 Å². The second-order valence-corrected chi connectivity index (χ2v) is 15.6. The number of thiazole rings is 2. The zero-order valence-corrected chi connectivity index (χ0v) is 30.9. The summed E-state index contributed by atoms with van der Waals surface area (Å²) in [7, 11) is 0. The molecule has 55 heavy (non-hydrogen) atoms. The SMILES string of the molecule is c1cnc2c(c1)ccc1c(-c3ccc4cc(N(c5ccc(-c6nc7ccccc7s6)cc5)c5ccc(-c6nc7ccccc7s6)cc5)ccc4c3)ccnc12. The van der Waals surface area contributed by atoms with Crippen molar-refractivity contribution in [3.63, 3.8) is 0 Å². The molecule has 0 saturated heterocycles. The maximum absolute atomic E-state index is 4.91. The van der Waals surface area contributed by atoms with Crippen molar-refractivity contribution in [1.82, 2.24) is 19.9 Å². The Labute approximate surface area is 324 Å². The van der Waals surface area contributed by atoms with Gasteiger partial charge < -0.3 is 4.90 Å². The van der Waals surface area contributed by atoms with Gasteiger partial charge in [0, 0.05) is 51.4 Å². The van der Waals surface area contributed by atoms with Crippen LogP contribution in [-0.4, -0.2) is 19.9 Å². The van der Waals surface area contributed by atoms with E-state index >= 15 is 0 Å². The van der Waals surface area contributed by atoms with Crippen LogP contribution in [0.5, 0.6) is 0 Å². The molecule has 0 bridgehead atoms. The molecule has 0 aliphatic carbocycles. The van der Waals surface area contributed by atoms with E-state index < -0.39 is 0 Å². The van der Waals surface area contributed by atoms with Crippen LogP contribution in [0.25, 0.3) is 85.3 Å². The molecule has 0 atom stereocenters. The number of hydrogen-bond donors (Lipinski definition) is 0. The van der Waals surface area contributed by atoms with E-state index in [1.54, 1.807) is 22.7 Å². The third kappa shape index (κ3) is 5.60. The minimum Gasteiger partial charge on any atom is -0.310 e. The van der Waals surface area contributed by atoms with Crippen molar-refractivity contribution in [3.05, 3.63) is 176 Å². The smallest absolute Gasteiger partial charge is 0.124 e. The summed E-state index contributed by atoms with van der Waals surface area (Å²) in [6.07, 6.45) is 3.72. The highest BCUT2D eigenvalue weighted by Gasteiger charge is 2.16. The molecule has 0 unspecified atom stereocenters. The topological polar surface area (TPSA) is 54.8 Å². The molecule has 0 amide bonds. The Hall–Kier alpha value is -6.80. The Kier molecular flexibility index (Phi) is 7.46. The molecule has 0 N–H and O–H groups in total. The van der Waals surface area contributed by atoms with Crippen molar-refractivity contribution >= 4 is 92.7 Å². The van der Waals surface area contributed by atoms with Gasteiger partial charge in [-0.15, -0.1) is 22.7 Å². The van der Waals surface area contributed by atoms with Crippen molar-refractivity contribution in [2.45, 2.75) is 0 Å². The van der Waals surface area contributed by atoms with Gasteiger partial charge in [-0.05, 0) is 125 Å². The zero-order valence-electron chi connectivity index (χ0n) is 29.3. The molecule has 11 aromatic rings. The predicted octanol–water partition coefficient (Wildman–Crippen LogP) is 13.6. The second-order valence-electron chi connectivity index (χ2n) is 13.5. The number of pyridine rings is 2. The number of nitrogens with zero attached hydrogens (tertiary/aromatic N) is 5. The van der Waals surface area contributed by atoms with Crippen LogP contribution in [0.4, 0.5) is 17.1 Å². The van der Waals surface area contributed by atoms with Gasteiger partial charge in [0.15, 0.2) is 0 Å². The fourth-order valence-electron chi connectivity index (χ4n) is 7.49. The fraction of sp³-hybridized carbons (Fsp3) is 0. The number of rotatable bonds is 6. The van der Waals surface area contributed by atoms with Crippen LogP contribution in [0.15, 0.2) is 176 Å². The van der Waals surface area contributed by atoms with Crippen LogP contribution in [0, 0.1) is 0 Å². The van der Waals surface area contributed by atoms with Crippen LogP contribution < -0.4 is 4.90 Å². The summed E-state index contributed by atoms with van der Waals surface area (Å²) in [5.74, 6) is 0. The molecule has 4 aromatic heterocycles. The summed E-state index contributed by atoms with van der Waals surface area (Å²) in [6.45, 7) is 0. The molecule has 7 heteroatoms. The zero-order chi connectivity index (χ0) is 36.3. The standard InChI is InChI=1S/C48H29N5S2/c1-3-9-43-41(7-1)51-47(54-43)31-13-19-36(20-14-31)53(37-21-15-32(16-22-37)48-52-42-8-2-4-10-44(42)55-48)38-23-17-33-28-35(12-11-34(33)29-38)39-25-27-50-46-40(39)24-18-30-6-5-26-49-45(30)46/h1-29H. The number of para-hydroxylation sites is 2. The minimum absolute atomic E-state index is 0.921. The maximum Gasteiger partial charge on any atom is 0.124 e. The van der Waals surface area contributed by atoms with Gasteiger partial charge in [0.05, 0.1) is 31.5 Å². The Balaban J connectivity index is 0.989. The number of aromatic nitrogens is 4. The summed E-state index contributed by atoms with van der Waals surface area (Å²) >= 11 is 3.45. The Morgan fingerprint density at radius 3 is 1.64 bits per heavy atom. The van der Waals surface area contributed by atoms with E-state index in [9.17, 15) is 0 Å². The molecule has 0 saturated carbocycles. The molecule has 0 aliphatic rings. The summed E-state index contributed by atoms with van der Waals surface area (Å²) < 4.78 is 2.39. The Morgan fingerprint density at radius 2 is 0.964 bits per heavy atom. The van der Waals surface area contributed by atoms with Gasteiger partial charge in [-0.2, -0.15) is 0 Å². The highest BCUT2D eigenvalue weighted by Crippen LogP contribution is 2.40. The number of fused-ring (bicyclic) bond motifs is 6. The van der Waals surface area contributed by atoms with E-state index in [1.807, 2.05) is 30.6 Å². The van der Waals surface area contributed by atoms with Crippen molar-refractivity contribution in [1.29, 1.82) is 0 Å². The predicted molar refractivity (Wildman–Crippen MR) is 232 cm³/mol. The van der Waals surface area contributed by atoms with E-state index in [0.29, 0.717) is 0 Å². The molecule has 11 rings (SSSR count). The van der Waals surface area contributed by atoms with Crippen LogP contribution in [-0.2, 0) is 0 Å². The van der Waals surface area contributed by atoms with Crippen LogP contribution in [0.2, 0.25) is 0 Å². The van der Waals surface area contributed by atoms with E-state index in [0.717, 1.165) is 87.6 Å². The minimum atomic E-state index is 0.921. The Morgan fingerprint density at radius 1 is 0.400 bits per heavy atom. The highest BCUT2D eigenvalue weighted by molar-refractivity contribution is 7.22. The molecule has 0 radical (unpaired) electrons. The van der Waals surface area contributed by atoms with Crippen LogP contribution in [0.3, 0.4) is 0 Å². The van der Waals surface area contributed by atoms with Gasteiger partial charge in [0.2, 0.25) is 0 Å². The lowest BCUT2D eigenvalue weighted by molar-refractivity contribution is 1.29. The summed E-state index contributed by atoms with van der Waals surface area (Å²) in [6, 6.07) is 58.0. The summed E-state index contributed by atoms with van der Waals surface area (Å²) in [5.41, 5.74) is 11.6. The van der Waals surface area contributed by atoms with E-state index in [-0.39, 0.29) is 0 Å². The highest BCUT2D eigenvalue weighted by atomic mass is 32.1. The molecule has 0 spiro atoms. The molecule has 0 fully saturated rings. The first-order chi connectivity index (χ1) is 27.2. The molecular formula is C48H29N5S2. The number of hydrogen-bond acceptors (Lipinski definition) is 7. The lowest BCUT2D eigenvalue weighted by atomic mass is 9.97. The fourth-order valence-corrected chi connectivity index (χ4v) is 9.43. The first-order valence-electron chi connectivity index (χ1n) is 18.1. The molecule has 258 valence electrons. The lowest BCUT2D eigenvalue weighted by Crippen LogP contribution is -2.09. The van der Waals surface area contributed by atoms with Gasteiger partial charge in [-0.25, -0.2) is 9.97 Å². The monoisotopic (exact) mass is 739 g/mol. The Bertz CT molecular complexity index is 3040. The normalized spacial score (nSPS) is 11.6. The molecule has 7 aromatic carbocycles. The van der Waals surface area contributed by atoms with E-state index in [1.165, 1.54) is 14.8 Å². The molecular weight excluding hydrogens is 711 g/mol. The van der Waals surface area contributed by atoms with Gasteiger partial charge in [0.1, 0.15) is 10.0 Å². The van der Waals surface area contributed by atoms with Crippen molar-refractivity contribution in [2.24, 2.45) is 0 Å². The second kappa shape index (κ2) is 13.0. The summed E-state index contributed by atoms with van der Waals surface area (Å²) in [5, 5.41) is 6.56. The summed E-state index contributed by atoms with van der Waals surface area (Å²) in [4.78, 5) is 21.5. The first kappa shape index (κ1) is 31.7. The van der Waals surface area contributed by atoms with Gasteiger partial charge in [0.25, 0.3) is 0 Å². The molecule has 5 nitrogen and oxygen atoms in total. The van der Waals surface area contributed by atoms with Crippen molar-refractivity contribution in [2.75, 3.05) is 4.90 Å². The van der Waals surface area contributed by atoms with Gasteiger partial charge in [-0.3, -0.25) is 9.97 Å². The quantitative estimate of drug-likeness (QED) is 0.159. The van der Waals surface area contributed by atoms with Crippen LogP contribution in [0.1, 0.15) is 0 Å². The number of benzene rings is 7. The van der Waals surface area contributed by atoms with Crippen LogP contribution >= 0.6 is 22.7 Å². The average Bonchev–Trinajstić information content (AvgIpc) is 3.89. The largest absolute Gasteiger partial charge is 0.310 e.